The summed E-state index contributed by atoms with van der Waals surface area (Å²) >= 11 is 0. The average Bonchev–Trinajstić information content (AvgIpc) is 2.99. The number of rotatable bonds is 34. The van der Waals surface area contributed by atoms with Gasteiger partial charge >= 0.3 is 0 Å². The molecule has 2 heteroatoms. The standard InChI is InChI=1S/C39H78N2/c1-4-6-8-10-12-14-16-18-20-22-24-26-28-30-32-34-36-41(39(3)38-40)37-35-33-31-29-27-25-23-21-19-17-15-13-11-9-7-5-2/h18-21,39H,4-17,22-38,40H2,1-3H3/b20-18-,21-19-. The van der Waals surface area contributed by atoms with Crippen molar-refractivity contribution >= 4 is 0 Å². The smallest absolute Gasteiger partial charge is 0.0190 e. The van der Waals surface area contributed by atoms with Gasteiger partial charge in [-0.1, -0.05) is 154 Å². The van der Waals surface area contributed by atoms with E-state index in [1.807, 2.05) is 0 Å². The number of nitrogens with two attached hydrogens (primary N) is 1. The van der Waals surface area contributed by atoms with Gasteiger partial charge in [-0.3, -0.25) is 4.90 Å². The Labute approximate surface area is 260 Å². The molecule has 0 saturated carbocycles. The summed E-state index contributed by atoms with van der Waals surface area (Å²) in [5.74, 6) is 0. The van der Waals surface area contributed by atoms with Gasteiger partial charge in [0, 0.05) is 12.6 Å². The van der Waals surface area contributed by atoms with Crippen molar-refractivity contribution < 1.29 is 0 Å². The molecule has 0 amide bonds. The normalized spacial score (nSPS) is 12.9. The maximum absolute atomic E-state index is 6.04. The summed E-state index contributed by atoms with van der Waals surface area (Å²) < 4.78 is 0. The second-order valence-corrected chi connectivity index (χ2v) is 13.0. The SMILES string of the molecule is CCCCCCCC/C=C\CCCCCCCCN(CCCCCCCC/C=C\CCCCCCCC)C(C)CN. The van der Waals surface area contributed by atoms with Gasteiger partial charge in [0.2, 0.25) is 0 Å². The molecule has 244 valence electrons. The summed E-state index contributed by atoms with van der Waals surface area (Å²) in [6, 6.07) is 0.529. The molecule has 0 aromatic heterocycles. The predicted molar refractivity (Wildman–Crippen MR) is 189 cm³/mol. The maximum Gasteiger partial charge on any atom is 0.0190 e. The van der Waals surface area contributed by atoms with Crippen LogP contribution in [0.4, 0.5) is 0 Å². The second-order valence-electron chi connectivity index (χ2n) is 13.0. The first-order valence-corrected chi connectivity index (χ1v) is 19.0. The van der Waals surface area contributed by atoms with E-state index in [1.54, 1.807) is 0 Å². The number of unbranched alkanes of at least 4 members (excludes halogenated alkanes) is 24. The molecule has 1 atom stereocenters. The van der Waals surface area contributed by atoms with Crippen LogP contribution in [0.5, 0.6) is 0 Å². The molecule has 0 aromatic rings. The second kappa shape index (κ2) is 35.6. The van der Waals surface area contributed by atoms with Gasteiger partial charge in [-0.05, 0) is 84.2 Å². The Hall–Kier alpha value is -0.600. The largest absolute Gasteiger partial charge is 0.329 e. The van der Waals surface area contributed by atoms with E-state index in [4.69, 9.17) is 5.73 Å². The van der Waals surface area contributed by atoms with E-state index in [0.29, 0.717) is 6.04 Å². The van der Waals surface area contributed by atoms with Gasteiger partial charge in [0.15, 0.2) is 0 Å². The lowest BCUT2D eigenvalue weighted by atomic mass is 10.1. The average molecular weight is 575 g/mol. The van der Waals surface area contributed by atoms with E-state index in [1.165, 1.54) is 193 Å². The highest BCUT2D eigenvalue weighted by molar-refractivity contribution is 4.82. The van der Waals surface area contributed by atoms with E-state index in [-0.39, 0.29) is 0 Å². The van der Waals surface area contributed by atoms with Crippen molar-refractivity contribution in [2.24, 2.45) is 5.73 Å². The van der Waals surface area contributed by atoms with Crippen LogP contribution < -0.4 is 5.73 Å². The van der Waals surface area contributed by atoms with Crippen molar-refractivity contribution in [3.63, 3.8) is 0 Å². The Balaban J connectivity index is 3.57. The summed E-state index contributed by atoms with van der Waals surface area (Å²) in [5.41, 5.74) is 6.04. The first-order chi connectivity index (χ1) is 20.3. The molecular weight excluding hydrogens is 496 g/mol. The first kappa shape index (κ1) is 40.4. The molecule has 41 heavy (non-hydrogen) atoms. The van der Waals surface area contributed by atoms with Gasteiger partial charge in [0.25, 0.3) is 0 Å². The Morgan fingerprint density at radius 1 is 0.415 bits per heavy atom. The van der Waals surface area contributed by atoms with Gasteiger partial charge in [-0.25, -0.2) is 0 Å². The van der Waals surface area contributed by atoms with Crippen LogP contribution in [-0.2, 0) is 0 Å². The van der Waals surface area contributed by atoms with Gasteiger partial charge in [0.05, 0.1) is 0 Å². The molecule has 2 N–H and O–H groups in total. The van der Waals surface area contributed by atoms with Crippen LogP contribution in [0.3, 0.4) is 0 Å². The molecule has 0 radical (unpaired) electrons. The summed E-state index contributed by atoms with van der Waals surface area (Å²) in [6.45, 7) is 10.2. The van der Waals surface area contributed by atoms with Crippen LogP contribution in [0.15, 0.2) is 24.3 Å². The fourth-order valence-electron chi connectivity index (χ4n) is 5.83. The zero-order valence-corrected chi connectivity index (χ0v) is 28.8. The van der Waals surface area contributed by atoms with E-state index in [2.05, 4.69) is 50.0 Å². The van der Waals surface area contributed by atoms with E-state index < -0.39 is 0 Å². The van der Waals surface area contributed by atoms with Crippen LogP contribution in [0.25, 0.3) is 0 Å². The highest BCUT2D eigenvalue weighted by Gasteiger charge is 2.11. The van der Waals surface area contributed by atoms with Crippen molar-refractivity contribution in [1.82, 2.24) is 4.90 Å². The quantitative estimate of drug-likeness (QED) is 0.0611. The third-order valence-electron chi connectivity index (χ3n) is 8.88. The van der Waals surface area contributed by atoms with E-state index >= 15 is 0 Å². The molecular formula is C39H78N2. The minimum absolute atomic E-state index is 0.529. The molecule has 0 bridgehead atoms. The molecule has 0 aliphatic carbocycles. The summed E-state index contributed by atoms with van der Waals surface area (Å²) in [5, 5.41) is 0. The van der Waals surface area contributed by atoms with Gasteiger partial charge in [-0.15, -0.1) is 0 Å². The number of nitrogens with zero attached hydrogens (tertiary/aromatic N) is 1. The zero-order valence-electron chi connectivity index (χ0n) is 28.8. The van der Waals surface area contributed by atoms with Gasteiger partial charge < -0.3 is 5.73 Å². The topological polar surface area (TPSA) is 29.3 Å². The molecule has 0 aromatic carbocycles. The van der Waals surface area contributed by atoms with E-state index in [9.17, 15) is 0 Å². The third-order valence-corrected chi connectivity index (χ3v) is 8.88. The fourth-order valence-corrected chi connectivity index (χ4v) is 5.83. The monoisotopic (exact) mass is 575 g/mol. The van der Waals surface area contributed by atoms with Crippen molar-refractivity contribution in [3.05, 3.63) is 24.3 Å². The van der Waals surface area contributed by atoms with Crippen molar-refractivity contribution in [2.45, 2.75) is 207 Å². The maximum atomic E-state index is 6.04. The molecule has 0 saturated heterocycles. The predicted octanol–water partition coefficient (Wildman–Crippen LogP) is 12.7. The van der Waals surface area contributed by atoms with Crippen LogP contribution in [-0.4, -0.2) is 30.6 Å². The van der Waals surface area contributed by atoms with Crippen LogP contribution in [0.1, 0.15) is 201 Å². The summed E-state index contributed by atoms with van der Waals surface area (Å²) in [7, 11) is 0. The zero-order chi connectivity index (χ0) is 29.9. The lowest BCUT2D eigenvalue weighted by molar-refractivity contribution is 0.203. The highest BCUT2D eigenvalue weighted by Crippen LogP contribution is 2.13. The summed E-state index contributed by atoms with van der Waals surface area (Å²) in [6.07, 6.45) is 48.4. The molecule has 1 unspecified atom stereocenters. The van der Waals surface area contributed by atoms with Crippen LogP contribution >= 0.6 is 0 Å². The Bertz CT molecular complexity index is 484. The van der Waals surface area contributed by atoms with Gasteiger partial charge in [-0.2, -0.15) is 0 Å². The molecule has 2 nitrogen and oxygen atoms in total. The lowest BCUT2D eigenvalue weighted by Crippen LogP contribution is -2.39. The molecule has 0 fully saturated rings. The lowest BCUT2D eigenvalue weighted by Gasteiger charge is -2.28. The minimum Gasteiger partial charge on any atom is -0.329 e. The third kappa shape index (κ3) is 32.2. The Kier molecular flexibility index (Phi) is 35.1. The van der Waals surface area contributed by atoms with Gasteiger partial charge in [0.1, 0.15) is 0 Å². The number of allylic oxidation sites excluding steroid dienone is 4. The highest BCUT2D eigenvalue weighted by atomic mass is 15.2. The molecule has 0 heterocycles. The fraction of sp³-hybridized carbons (Fsp3) is 0.897. The Morgan fingerprint density at radius 3 is 0.976 bits per heavy atom. The molecule has 0 rings (SSSR count). The summed E-state index contributed by atoms with van der Waals surface area (Å²) in [4.78, 5) is 2.67. The van der Waals surface area contributed by atoms with Crippen LogP contribution in [0.2, 0.25) is 0 Å². The van der Waals surface area contributed by atoms with E-state index in [0.717, 1.165) is 6.54 Å². The molecule has 0 aliphatic rings. The van der Waals surface area contributed by atoms with Crippen molar-refractivity contribution in [3.8, 4) is 0 Å². The van der Waals surface area contributed by atoms with Crippen LogP contribution in [0, 0.1) is 0 Å². The molecule has 0 aliphatic heterocycles. The molecule has 0 spiro atoms. The van der Waals surface area contributed by atoms with Crippen molar-refractivity contribution in [1.29, 1.82) is 0 Å². The number of hydrogen-bond donors (Lipinski definition) is 1. The van der Waals surface area contributed by atoms with Crippen molar-refractivity contribution in [2.75, 3.05) is 19.6 Å². The number of hydrogen-bond acceptors (Lipinski definition) is 2. The first-order valence-electron chi connectivity index (χ1n) is 19.0. The Morgan fingerprint density at radius 2 is 0.683 bits per heavy atom. The minimum atomic E-state index is 0.529.